The van der Waals surface area contributed by atoms with Crippen molar-refractivity contribution in [2.24, 2.45) is 0 Å². The monoisotopic (exact) mass is 222 g/mol. The van der Waals surface area contributed by atoms with Crippen LogP contribution in [0.4, 0.5) is 10.1 Å². The molecule has 2 rings (SSSR count). The van der Waals surface area contributed by atoms with Gasteiger partial charge in [0.05, 0.1) is 0 Å². The number of halogens is 1. The van der Waals surface area contributed by atoms with Crippen LogP contribution in [0.25, 0.3) is 0 Å². The quantitative estimate of drug-likeness (QED) is 0.706. The minimum atomic E-state index is -0.349. The van der Waals surface area contributed by atoms with Gasteiger partial charge < -0.3 is 9.80 Å². The molecular weight excluding hydrogens is 207 g/mol. The number of hydrogen-bond donors (Lipinski definition) is 0. The van der Waals surface area contributed by atoms with E-state index >= 15 is 0 Å². The van der Waals surface area contributed by atoms with Gasteiger partial charge in [-0.3, -0.25) is 4.79 Å². The van der Waals surface area contributed by atoms with Gasteiger partial charge in [0, 0.05) is 37.4 Å². The highest BCUT2D eigenvalue weighted by atomic mass is 19.1. The first kappa shape index (κ1) is 11.1. The number of hydrogen-bond acceptors (Lipinski definition) is 3. The van der Waals surface area contributed by atoms with Gasteiger partial charge in [-0.2, -0.15) is 0 Å². The fourth-order valence-corrected chi connectivity index (χ4v) is 1.91. The zero-order chi connectivity index (χ0) is 11.5. The Morgan fingerprint density at radius 3 is 2.50 bits per heavy atom. The molecule has 0 amide bonds. The van der Waals surface area contributed by atoms with Gasteiger partial charge in [-0.15, -0.1) is 0 Å². The minimum absolute atomic E-state index is 0.349. The van der Waals surface area contributed by atoms with E-state index in [1.807, 2.05) is 0 Å². The molecule has 0 radical (unpaired) electrons. The molecule has 0 bridgehead atoms. The Morgan fingerprint density at radius 2 is 1.88 bits per heavy atom. The average molecular weight is 222 g/mol. The number of nitrogens with zero attached hydrogens (tertiary/aromatic N) is 2. The van der Waals surface area contributed by atoms with Gasteiger partial charge in [-0.25, -0.2) is 4.39 Å². The van der Waals surface area contributed by atoms with E-state index in [0.29, 0.717) is 11.8 Å². The second-order valence-electron chi connectivity index (χ2n) is 4.15. The maximum atomic E-state index is 13.3. The highest BCUT2D eigenvalue weighted by Gasteiger charge is 2.15. The normalized spacial score (nSPS) is 17.5. The third-order valence-corrected chi connectivity index (χ3v) is 2.91. The van der Waals surface area contributed by atoms with Gasteiger partial charge in [-0.1, -0.05) is 0 Å². The molecule has 1 aliphatic heterocycles. The Labute approximate surface area is 94.5 Å². The molecule has 0 saturated carbocycles. The molecule has 1 aromatic rings. The molecule has 1 aromatic carbocycles. The summed E-state index contributed by atoms with van der Waals surface area (Å²) in [5, 5.41) is 0. The SMILES string of the molecule is CN1CCN(c2cc(F)cc(C=O)c2)CC1. The van der Waals surface area contributed by atoms with Crippen LogP contribution in [0, 0.1) is 5.82 Å². The summed E-state index contributed by atoms with van der Waals surface area (Å²) in [6.07, 6.45) is 0.683. The van der Waals surface area contributed by atoms with Crippen LogP contribution in [0.3, 0.4) is 0 Å². The van der Waals surface area contributed by atoms with Gasteiger partial charge in [-0.05, 0) is 25.2 Å². The van der Waals surface area contributed by atoms with Gasteiger partial charge in [0.2, 0.25) is 0 Å². The van der Waals surface area contributed by atoms with Crippen LogP contribution < -0.4 is 4.90 Å². The van der Waals surface area contributed by atoms with Crippen LogP contribution in [-0.4, -0.2) is 44.4 Å². The van der Waals surface area contributed by atoms with E-state index in [0.717, 1.165) is 31.9 Å². The van der Waals surface area contributed by atoms with Crippen LogP contribution in [0.2, 0.25) is 0 Å². The summed E-state index contributed by atoms with van der Waals surface area (Å²) in [5.41, 5.74) is 1.20. The highest BCUT2D eigenvalue weighted by molar-refractivity contribution is 5.77. The zero-order valence-electron chi connectivity index (χ0n) is 9.32. The number of piperazine rings is 1. The summed E-state index contributed by atoms with van der Waals surface area (Å²) in [5.74, 6) is -0.349. The fraction of sp³-hybridized carbons (Fsp3) is 0.417. The van der Waals surface area contributed by atoms with Crippen molar-refractivity contribution >= 4 is 12.0 Å². The lowest BCUT2D eigenvalue weighted by Crippen LogP contribution is -2.44. The first-order chi connectivity index (χ1) is 7.69. The van der Waals surface area contributed by atoms with Crippen molar-refractivity contribution in [3.8, 4) is 0 Å². The summed E-state index contributed by atoms with van der Waals surface area (Å²) >= 11 is 0. The lowest BCUT2D eigenvalue weighted by molar-refractivity contribution is 0.112. The zero-order valence-corrected chi connectivity index (χ0v) is 9.32. The van der Waals surface area contributed by atoms with Crippen LogP contribution >= 0.6 is 0 Å². The molecule has 0 aromatic heterocycles. The van der Waals surface area contributed by atoms with E-state index in [9.17, 15) is 9.18 Å². The number of carbonyl (C=O) groups is 1. The van der Waals surface area contributed by atoms with Crippen molar-refractivity contribution in [1.82, 2.24) is 4.90 Å². The van der Waals surface area contributed by atoms with E-state index < -0.39 is 0 Å². The number of benzene rings is 1. The second-order valence-corrected chi connectivity index (χ2v) is 4.15. The molecule has 16 heavy (non-hydrogen) atoms. The molecule has 0 spiro atoms. The molecule has 1 saturated heterocycles. The Morgan fingerprint density at radius 1 is 1.19 bits per heavy atom. The highest BCUT2D eigenvalue weighted by Crippen LogP contribution is 2.19. The van der Waals surface area contributed by atoms with Gasteiger partial charge >= 0.3 is 0 Å². The summed E-state index contributed by atoms with van der Waals surface area (Å²) in [6.45, 7) is 3.68. The van der Waals surface area contributed by atoms with E-state index in [1.54, 1.807) is 6.07 Å². The Kier molecular flexibility index (Phi) is 3.19. The Hall–Kier alpha value is -1.42. The number of carbonyl (C=O) groups excluding carboxylic acids is 1. The van der Waals surface area contributed by atoms with E-state index in [2.05, 4.69) is 16.8 Å². The largest absolute Gasteiger partial charge is 0.369 e. The summed E-state index contributed by atoms with van der Waals surface area (Å²) in [4.78, 5) is 15.0. The smallest absolute Gasteiger partial charge is 0.150 e. The number of anilines is 1. The standard InChI is InChI=1S/C12H15FN2O/c1-14-2-4-15(5-3-14)12-7-10(9-16)6-11(13)8-12/h6-9H,2-5H2,1H3. The molecule has 1 fully saturated rings. The van der Waals surface area contributed by atoms with Gasteiger partial charge in [0.1, 0.15) is 12.1 Å². The molecule has 1 heterocycles. The Bertz CT molecular complexity index is 387. The molecule has 3 nitrogen and oxygen atoms in total. The molecule has 0 unspecified atom stereocenters. The van der Waals surface area contributed by atoms with Gasteiger partial charge in [0.15, 0.2) is 0 Å². The van der Waals surface area contributed by atoms with Crippen molar-refractivity contribution in [3.05, 3.63) is 29.6 Å². The van der Waals surface area contributed by atoms with Gasteiger partial charge in [0.25, 0.3) is 0 Å². The fourth-order valence-electron chi connectivity index (χ4n) is 1.91. The second kappa shape index (κ2) is 4.61. The topological polar surface area (TPSA) is 23.6 Å². The predicted molar refractivity (Wildman–Crippen MR) is 61.5 cm³/mol. The van der Waals surface area contributed by atoms with Crippen LogP contribution in [0.5, 0.6) is 0 Å². The molecule has 0 atom stereocenters. The van der Waals surface area contributed by atoms with Crippen molar-refractivity contribution < 1.29 is 9.18 Å². The van der Waals surface area contributed by atoms with Crippen molar-refractivity contribution in [2.75, 3.05) is 38.1 Å². The lowest BCUT2D eigenvalue weighted by Gasteiger charge is -2.34. The number of aldehydes is 1. The van der Waals surface area contributed by atoms with Crippen molar-refractivity contribution in [2.45, 2.75) is 0 Å². The van der Waals surface area contributed by atoms with Crippen LogP contribution in [0.1, 0.15) is 10.4 Å². The van der Waals surface area contributed by atoms with Crippen LogP contribution in [-0.2, 0) is 0 Å². The number of likely N-dealkylation sites (N-methyl/N-ethyl adjacent to an activating group) is 1. The third-order valence-electron chi connectivity index (χ3n) is 2.91. The Balaban J connectivity index is 2.19. The van der Waals surface area contributed by atoms with E-state index in [1.165, 1.54) is 12.1 Å². The summed E-state index contributed by atoms with van der Waals surface area (Å²) in [6, 6.07) is 4.48. The summed E-state index contributed by atoms with van der Waals surface area (Å²) in [7, 11) is 2.07. The number of rotatable bonds is 2. The van der Waals surface area contributed by atoms with Crippen molar-refractivity contribution in [3.63, 3.8) is 0 Å². The van der Waals surface area contributed by atoms with E-state index in [4.69, 9.17) is 0 Å². The maximum Gasteiger partial charge on any atom is 0.150 e. The molecule has 0 N–H and O–H groups in total. The van der Waals surface area contributed by atoms with Crippen molar-refractivity contribution in [1.29, 1.82) is 0 Å². The van der Waals surface area contributed by atoms with E-state index in [-0.39, 0.29) is 5.82 Å². The molecule has 0 aliphatic carbocycles. The predicted octanol–water partition coefficient (Wildman–Crippen LogP) is 1.39. The molecular formula is C12H15FN2O. The third kappa shape index (κ3) is 2.39. The summed E-state index contributed by atoms with van der Waals surface area (Å²) < 4.78 is 13.3. The average Bonchev–Trinajstić information content (AvgIpc) is 2.29. The molecule has 1 aliphatic rings. The maximum absolute atomic E-state index is 13.3. The first-order valence-corrected chi connectivity index (χ1v) is 5.38. The minimum Gasteiger partial charge on any atom is -0.369 e. The lowest BCUT2D eigenvalue weighted by atomic mass is 10.2. The first-order valence-electron chi connectivity index (χ1n) is 5.38. The molecule has 4 heteroatoms. The molecule has 86 valence electrons. The van der Waals surface area contributed by atoms with Crippen LogP contribution in [0.15, 0.2) is 18.2 Å².